The van der Waals surface area contributed by atoms with Crippen molar-refractivity contribution in [3.8, 4) is 28.3 Å². The molecule has 0 bridgehead atoms. The van der Waals surface area contributed by atoms with Gasteiger partial charge in [-0.1, -0.05) is 111 Å². The first kappa shape index (κ1) is 33.8. The van der Waals surface area contributed by atoms with E-state index in [-0.39, 0.29) is 20.1 Å². The Kier molecular flexibility index (Phi) is 9.78. The van der Waals surface area contributed by atoms with Gasteiger partial charge in [0, 0.05) is 18.1 Å². The molecule has 0 radical (unpaired) electrons. The average Bonchev–Trinajstić information content (AvgIpc) is 3.67. The SMILES string of the molecule is CC(C)c1cccc(C(C)C)c1-n1c(-c2[c-]ccc3c2oc2ccccc23)nc2ccccc21.[CH2-]c1ccccc1-c1cccc[n+]1[CH2-].[Ir+3]. The smallest absolute Gasteiger partial charge is 0.501 e. The van der Waals surface area contributed by atoms with Gasteiger partial charge in [-0.15, -0.1) is 35.9 Å². The Labute approximate surface area is 302 Å². The molecule has 0 amide bonds. The van der Waals surface area contributed by atoms with Crippen molar-refractivity contribution < 1.29 is 29.1 Å². The van der Waals surface area contributed by atoms with Gasteiger partial charge >= 0.3 is 20.1 Å². The van der Waals surface area contributed by atoms with Crippen LogP contribution >= 0.6 is 0 Å². The number of imidazole rings is 1. The second-order valence-corrected chi connectivity index (χ2v) is 12.8. The Hall–Kier alpha value is -5.09. The molecule has 3 heterocycles. The normalized spacial score (nSPS) is 11.2. The molecule has 3 aromatic heterocycles. The topological polar surface area (TPSA) is 34.8 Å². The van der Waals surface area contributed by atoms with Crippen molar-refractivity contribution in [3.05, 3.63) is 164 Å². The van der Waals surface area contributed by atoms with Crippen LogP contribution in [0.4, 0.5) is 0 Å². The number of pyridine rings is 1. The zero-order valence-corrected chi connectivity index (χ0v) is 30.7. The van der Waals surface area contributed by atoms with Crippen LogP contribution in [0.2, 0.25) is 0 Å². The third-order valence-electron chi connectivity index (χ3n) is 8.92. The molecular weight excluding hydrogens is 779 g/mol. The molecule has 0 unspecified atom stereocenters. The number of furan rings is 1. The largest absolute Gasteiger partial charge is 3.00 e. The van der Waals surface area contributed by atoms with E-state index in [2.05, 4.69) is 113 Å². The van der Waals surface area contributed by atoms with Gasteiger partial charge in [0.2, 0.25) is 0 Å². The van der Waals surface area contributed by atoms with Crippen molar-refractivity contribution in [2.75, 3.05) is 0 Å². The van der Waals surface area contributed by atoms with E-state index in [9.17, 15) is 0 Å². The second kappa shape index (κ2) is 14.2. The molecule has 0 aliphatic carbocycles. The number of aromatic nitrogens is 3. The minimum Gasteiger partial charge on any atom is -0.501 e. The third-order valence-corrected chi connectivity index (χ3v) is 8.92. The van der Waals surface area contributed by atoms with E-state index in [1.807, 2.05) is 71.4 Å². The minimum absolute atomic E-state index is 0. The molecule has 244 valence electrons. The van der Waals surface area contributed by atoms with Crippen LogP contribution in [0, 0.1) is 20.0 Å². The molecule has 0 N–H and O–H groups in total. The van der Waals surface area contributed by atoms with Gasteiger partial charge in [-0.3, -0.25) is 4.98 Å². The van der Waals surface area contributed by atoms with E-state index in [1.165, 1.54) is 16.8 Å². The van der Waals surface area contributed by atoms with Crippen LogP contribution in [0.25, 0.3) is 61.3 Å². The molecular formula is C44H39IrN3O+. The molecule has 8 aromatic rings. The summed E-state index contributed by atoms with van der Waals surface area (Å²) in [6.45, 7) is 13.0. The minimum atomic E-state index is 0. The Balaban J connectivity index is 0.000000234. The van der Waals surface area contributed by atoms with Gasteiger partial charge in [-0.05, 0) is 41.2 Å². The zero-order chi connectivity index (χ0) is 33.4. The van der Waals surface area contributed by atoms with Gasteiger partial charge in [-0.25, -0.2) is 0 Å². The van der Waals surface area contributed by atoms with Gasteiger partial charge in [0.25, 0.3) is 0 Å². The fraction of sp³-hybridized carbons (Fsp3) is 0.136. The summed E-state index contributed by atoms with van der Waals surface area (Å²) < 4.78 is 10.6. The second-order valence-electron chi connectivity index (χ2n) is 12.8. The Morgan fingerprint density at radius 1 is 0.735 bits per heavy atom. The number of fused-ring (bicyclic) bond motifs is 4. The molecule has 0 aliphatic heterocycles. The first-order chi connectivity index (χ1) is 23.3. The number of nitrogens with zero attached hydrogens (tertiary/aromatic N) is 3. The van der Waals surface area contributed by atoms with E-state index in [0.29, 0.717) is 11.8 Å². The van der Waals surface area contributed by atoms with Crippen LogP contribution in [-0.4, -0.2) is 9.55 Å². The number of hydrogen-bond donors (Lipinski definition) is 0. The fourth-order valence-electron chi connectivity index (χ4n) is 6.54. The van der Waals surface area contributed by atoms with Gasteiger partial charge in [-0.2, -0.15) is 18.6 Å². The van der Waals surface area contributed by atoms with Crippen LogP contribution in [0.5, 0.6) is 0 Å². The van der Waals surface area contributed by atoms with Crippen molar-refractivity contribution in [3.63, 3.8) is 0 Å². The van der Waals surface area contributed by atoms with E-state index in [0.717, 1.165) is 61.2 Å². The van der Waals surface area contributed by atoms with Crippen LogP contribution in [-0.2, 0) is 20.1 Å². The average molecular weight is 818 g/mol. The van der Waals surface area contributed by atoms with Gasteiger partial charge in [0.05, 0.1) is 34.3 Å². The molecule has 0 saturated heterocycles. The predicted molar refractivity (Wildman–Crippen MR) is 198 cm³/mol. The summed E-state index contributed by atoms with van der Waals surface area (Å²) in [5, 5.41) is 2.20. The van der Waals surface area contributed by atoms with Crippen LogP contribution < -0.4 is 4.57 Å². The summed E-state index contributed by atoms with van der Waals surface area (Å²) in [7, 11) is 3.93. The van der Waals surface area contributed by atoms with E-state index >= 15 is 0 Å². The third kappa shape index (κ3) is 6.28. The van der Waals surface area contributed by atoms with Crippen LogP contribution in [0.15, 0.2) is 132 Å². The molecule has 8 rings (SSSR count). The summed E-state index contributed by atoms with van der Waals surface area (Å²) >= 11 is 0. The van der Waals surface area contributed by atoms with Gasteiger partial charge in [0.15, 0.2) is 0 Å². The monoisotopic (exact) mass is 818 g/mol. The summed E-state index contributed by atoms with van der Waals surface area (Å²) in [6, 6.07) is 44.9. The number of hydrogen-bond acceptors (Lipinski definition) is 2. The van der Waals surface area contributed by atoms with E-state index in [4.69, 9.17) is 9.40 Å². The van der Waals surface area contributed by atoms with Crippen LogP contribution in [0.1, 0.15) is 56.2 Å². The standard InChI is InChI=1S/C31H27N2O.C13H12N.Ir/c1-19(2)21-12-9-13-22(20(3)4)29(21)33-27-17-7-6-16-26(27)32-31(33)25-15-10-14-24-23-11-5-8-18-28(23)34-30(24)25;1-11-7-3-4-8-12(11)13-9-5-6-10-14(13)2;/h5-14,16-20H,1-4H3;3-10H,1-2H2;/q2*-1;+3. The van der Waals surface area contributed by atoms with Gasteiger partial charge < -0.3 is 13.6 Å². The predicted octanol–water partition coefficient (Wildman–Crippen LogP) is 11.1. The molecule has 5 aromatic carbocycles. The first-order valence-electron chi connectivity index (χ1n) is 16.5. The molecule has 5 heteroatoms. The maximum absolute atomic E-state index is 6.40. The molecule has 49 heavy (non-hydrogen) atoms. The molecule has 0 atom stereocenters. The Morgan fingerprint density at radius 2 is 1.41 bits per heavy atom. The number of rotatable bonds is 5. The summed E-state index contributed by atoms with van der Waals surface area (Å²) in [5.74, 6) is 1.60. The van der Waals surface area contributed by atoms with E-state index in [1.54, 1.807) is 0 Å². The number of benzene rings is 5. The Bertz CT molecular complexity index is 2330. The summed E-state index contributed by atoms with van der Waals surface area (Å²) in [5.41, 5.74) is 11.7. The molecule has 0 fully saturated rings. The van der Waals surface area contributed by atoms with Crippen molar-refractivity contribution >= 4 is 33.0 Å². The van der Waals surface area contributed by atoms with Gasteiger partial charge in [0.1, 0.15) is 5.58 Å². The van der Waals surface area contributed by atoms with Crippen molar-refractivity contribution in [1.29, 1.82) is 0 Å². The van der Waals surface area contributed by atoms with E-state index < -0.39 is 0 Å². The number of para-hydroxylation sites is 4. The quantitative estimate of drug-likeness (QED) is 0.128. The van der Waals surface area contributed by atoms with Crippen molar-refractivity contribution in [2.45, 2.75) is 39.5 Å². The van der Waals surface area contributed by atoms with Crippen LogP contribution in [0.3, 0.4) is 0 Å². The first-order valence-corrected chi connectivity index (χ1v) is 16.5. The van der Waals surface area contributed by atoms with Crippen molar-refractivity contribution in [2.24, 2.45) is 0 Å². The maximum Gasteiger partial charge on any atom is 3.00 e. The zero-order valence-electron chi connectivity index (χ0n) is 28.3. The summed E-state index contributed by atoms with van der Waals surface area (Å²) in [6.07, 6.45) is 1.93. The molecule has 4 nitrogen and oxygen atoms in total. The van der Waals surface area contributed by atoms with Crippen molar-refractivity contribution in [1.82, 2.24) is 9.55 Å². The fourth-order valence-corrected chi connectivity index (χ4v) is 6.54. The molecule has 0 saturated carbocycles. The Morgan fingerprint density at radius 3 is 2.14 bits per heavy atom. The maximum atomic E-state index is 6.40. The molecule has 0 spiro atoms. The summed E-state index contributed by atoms with van der Waals surface area (Å²) in [4.78, 5) is 5.15. The molecule has 0 aliphatic rings.